The second-order valence-electron chi connectivity index (χ2n) is 6.99. The number of hydrogen-bond acceptors (Lipinski definition) is 3. The highest BCUT2D eigenvalue weighted by Crippen LogP contribution is 2.28. The number of guanidine groups is 1. The number of benzene rings is 1. The van der Waals surface area contributed by atoms with Crippen molar-refractivity contribution in [3.05, 3.63) is 29.8 Å². The minimum absolute atomic E-state index is 0. The van der Waals surface area contributed by atoms with E-state index in [1.807, 2.05) is 24.3 Å². The highest BCUT2D eigenvalue weighted by Gasteiger charge is 2.33. The van der Waals surface area contributed by atoms with Gasteiger partial charge in [0.2, 0.25) is 0 Å². The molecule has 2 fully saturated rings. The van der Waals surface area contributed by atoms with Gasteiger partial charge in [-0.3, -0.25) is 9.79 Å². The number of ether oxygens (including phenoxy) is 1. The van der Waals surface area contributed by atoms with Gasteiger partial charge in [0.15, 0.2) is 12.6 Å². The molecular formula is C19H29IN4O2. The molecule has 2 unspecified atom stereocenters. The summed E-state index contributed by atoms with van der Waals surface area (Å²) in [4.78, 5) is 15.9. The van der Waals surface area contributed by atoms with Crippen molar-refractivity contribution in [1.29, 1.82) is 0 Å². The molecule has 144 valence electrons. The third-order valence-electron chi connectivity index (χ3n) is 4.60. The van der Waals surface area contributed by atoms with Gasteiger partial charge in [0.05, 0.1) is 0 Å². The Bertz CT molecular complexity index is 616. The lowest BCUT2D eigenvalue weighted by Gasteiger charge is -2.12. The molecule has 2 atom stereocenters. The Morgan fingerprint density at radius 2 is 1.92 bits per heavy atom. The van der Waals surface area contributed by atoms with Gasteiger partial charge in [-0.05, 0) is 49.3 Å². The largest absolute Gasteiger partial charge is 0.484 e. The molecule has 2 aliphatic rings. The number of rotatable bonds is 8. The molecule has 0 aromatic heterocycles. The predicted molar refractivity (Wildman–Crippen MR) is 114 cm³/mol. The Balaban J connectivity index is 0.00000243. The zero-order valence-electron chi connectivity index (χ0n) is 15.5. The molecular weight excluding hydrogens is 443 g/mol. The molecule has 3 N–H and O–H groups in total. The molecule has 6 nitrogen and oxygen atoms in total. The number of hydrogen-bond donors (Lipinski definition) is 3. The molecule has 1 amide bonds. The smallest absolute Gasteiger partial charge is 0.258 e. The summed E-state index contributed by atoms with van der Waals surface area (Å²) in [6, 6.07) is 8.85. The van der Waals surface area contributed by atoms with Crippen LogP contribution >= 0.6 is 24.0 Å². The molecule has 0 aliphatic heterocycles. The topological polar surface area (TPSA) is 74.8 Å². The fourth-order valence-electron chi connectivity index (χ4n) is 2.62. The summed E-state index contributed by atoms with van der Waals surface area (Å²) in [6.07, 6.45) is 4.31. The van der Waals surface area contributed by atoms with Crippen LogP contribution in [0.3, 0.4) is 0 Å². The molecule has 1 aromatic rings. The Labute approximate surface area is 172 Å². The molecule has 0 saturated heterocycles. The number of aliphatic imine (C=N–C) groups is 1. The highest BCUT2D eigenvalue weighted by atomic mass is 127. The van der Waals surface area contributed by atoms with Gasteiger partial charge in [0.25, 0.3) is 5.91 Å². The Hall–Kier alpha value is -1.51. The van der Waals surface area contributed by atoms with Gasteiger partial charge in [0, 0.05) is 25.7 Å². The van der Waals surface area contributed by atoms with Gasteiger partial charge >= 0.3 is 0 Å². The third-order valence-corrected chi connectivity index (χ3v) is 4.60. The van der Waals surface area contributed by atoms with Crippen molar-refractivity contribution in [3.63, 3.8) is 0 Å². The summed E-state index contributed by atoms with van der Waals surface area (Å²) in [5.74, 6) is 2.30. The van der Waals surface area contributed by atoms with Gasteiger partial charge < -0.3 is 20.7 Å². The first kappa shape index (κ1) is 20.8. The molecule has 0 bridgehead atoms. The summed E-state index contributed by atoms with van der Waals surface area (Å²) in [5, 5.41) is 9.67. The molecule has 1 aromatic carbocycles. The average molecular weight is 472 g/mol. The van der Waals surface area contributed by atoms with Crippen molar-refractivity contribution >= 4 is 35.8 Å². The van der Waals surface area contributed by atoms with Gasteiger partial charge in [-0.15, -0.1) is 24.0 Å². The number of amides is 1. The van der Waals surface area contributed by atoms with E-state index in [0.717, 1.165) is 43.4 Å². The highest BCUT2D eigenvalue weighted by molar-refractivity contribution is 14.0. The number of nitrogens with zero attached hydrogens (tertiary/aromatic N) is 1. The molecule has 0 spiro atoms. The summed E-state index contributed by atoms with van der Waals surface area (Å²) in [5.41, 5.74) is 1.22. The second-order valence-corrected chi connectivity index (χ2v) is 6.99. The van der Waals surface area contributed by atoms with Crippen molar-refractivity contribution in [2.75, 3.05) is 20.2 Å². The van der Waals surface area contributed by atoms with E-state index in [-0.39, 0.29) is 36.5 Å². The van der Waals surface area contributed by atoms with Crippen LogP contribution in [0.2, 0.25) is 0 Å². The normalized spacial score (nSPS) is 21.4. The van der Waals surface area contributed by atoms with E-state index < -0.39 is 0 Å². The van der Waals surface area contributed by atoms with E-state index in [1.54, 1.807) is 7.05 Å². The standard InChI is InChI=1S/C19H28N4O2.HI/c1-13-11-17(13)23-19(20-2)21-10-9-14-3-7-16(8-4-14)25-12-18(24)22-15-5-6-15;/h3-4,7-8,13,15,17H,5-6,9-12H2,1-2H3,(H,22,24)(H2,20,21,23);1H. The maximum atomic E-state index is 11.6. The van der Waals surface area contributed by atoms with E-state index in [4.69, 9.17) is 4.74 Å². The lowest BCUT2D eigenvalue weighted by atomic mass is 10.1. The maximum absolute atomic E-state index is 11.6. The molecule has 26 heavy (non-hydrogen) atoms. The number of carbonyl (C=O) groups is 1. The number of carbonyl (C=O) groups excluding carboxylic acids is 1. The maximum Gasteiger partial charge on any atom is 0.258 e. The van der Waals surface area contributed by atoms with Crippen LogP contribution in [0, 0.1) is 5.92 Å². The van der Waals surface area contributed by atoms with Crippen molar-refractivity contribution in [2.24, 2.45) is 10.9 Å². The van der Waals surface area contributed by atoms with Crippen LogP contribution in [0.25, 0.3) is 0 Å². The van der Waals surface area contributed by atoms with E-state index in [2.05, 4.69) is 27.9 Å². The third kappa shape index (κ3) is 7.01. The minimum atomic E-state index is -0.0420. The fraction of sp³-hybridized carbons (Fsp3) is 0.579. The average Bonchev–Trinajstić information content (AvgIpc) is 3.53. The van der Waals surface area contributed by atoms with Gasteiger partial charge in [-0.1, -0.05) is 19.1 Å². The summed E-state index contributed by atoms with van der Waals surface area (Å²) >= 11 is 0. The Morgan fingerprint density at radius 1 is 1.23 bits per heavy atom. The summed E-state index contributed by atoms with van der Waals surface area (Å²) < 4.78 is 5.52. The van der Waals surface area contributed by atoms with Crippen LogP contribution in [0.15, 0.2) is 29.3 Å². The Kier molecular flexibility index (Phi) is 7.99. The van der Waals surface area contributed by atoms with Crippen molar-refractivity contribution in [2.45, 2.75) is 44.7 Å². The molecule has 2 aliphatic carbocycles. The summed E-state index contributed by atoms with van der Waals surface area (Å²) in [7, 11) is 1.80. The lowest BCUT2D eigenvalue weighted by Crippen LogP contribution is -2.39. The van der Waals surface area contributed by atoms with Crippen molar-refractivity contribution in [1.82, 2.24) is 16.0 Å². The Morgan fingerprint density at radius 3 is 2.50 bits per heavy atom. The molecule has 2 saturated carbocycles. The monoisotopic (exact) mass is 472 g/mol. The van der Waals surface area contributed by atoms with E-state index in [1.165, 1.54) is 12.0 Å². The fourth-order valence-corrected chi connectivity index (χ4v) is 2.62. The molecule has 3 rings (SSSR count). The number of halogens is 1. The van der Waals surface area contributed by atoms with Crippen molar-refractivity contribution < 1.29 is 9.53 Å². The predicted octanol–water partition coefficient (Wildman–Crippen LogP) is 2.08. The lowest BCUT2D eigenvalue weighted by molar-refractivity contribution is -0.123. The van der Waals surface area contributed by atoms with Crippen LogP contribution in [0.5, 0.6) is 5.75 Å². The molecule has 7 heteroatoms. The SMILES string of the molecule is CN=C(NCCc1ccc(OCC(=O)NC2CC2)cc1)NC1CC1C.I. The van der Waals surface area contributed by atoms with E-state index >= 15 is 0 Å². The van der Waals surface area contributed by atoms with Crippen LogP contribution in [-0.2, 0) is 11.2 Å². The van der Waals surface area contributed by atoms with Gasteiger partial charge in [-0.2, -0.15) is 0 Å². The first-order valence-electron chi connectivity index (χ1n) is 9.12. The molecule has 0 radical (unpaired) electrons. The first-order valence-corrected chi connectivity index (χ1v) is 9.12. The van der Waals surface area contributed by atoms with E-state index in [0.29, 0.717) is 12.1 Å². The van der Waals surface area contributed by atoms with Gasteiger partial charge in [-0.25, -0.2) is 0 Å². The quantitative estimate of drug-likeness (QED) is 0.308. The number of nitrogens with one attached hydrogen (secondary N) is 3. The zero-order valence-corrected chi connectivity index (χ0v) is 17.8. The second kappa shape index (κ2) is 9.99. The van der Waals surface area contributed by atoms with Crippen LogP contribution in [0.1, 0.15) is 31.7 Å². The van der Waals surface area contributed by atoms with Crippen LogP contribution in [-0.4, -0.2) is 44.1 Å². The van der Waals surface area contributed by atoms with Gasteiger partial charge in [0.1, 0.15) is 5.75 Å². The van der Waals surface area contributed by atoms with Crippen LogP contribution in [0.4, 0.5) is 0 Å². The van der Waals surface area contributed by atoms with Crippen molar-refractivity contribution in [3.8, 4) is 5.75 Å². The first-order chi connectivity index (χ1) is 12.1. The van der Waals surface area contributed by atoms with Crippen LogP contribution < -0.4 is 20.7 Å². The van der Waals surface area contributed by atoms with E-state index in [9.17, 15) is 4.79 Å². The minimum Gasteiger partial charge on any atom is -0.484 e. The zero-order chi connectivity index (χ0) is 17.6. The summed E-state index contributed by atoms with van der Waals surface area (Å²) in [6.45, 7) is 3.15. The molecule has 0 heterocycles.